The number of nitrogens with two attached hydrogens (primary N) is 1. The largest absolute Gasteiger partial charge is 0.416 e. The molecule has 1 aliphatic heterocycles. The molecule has 1 saturated heterocycles. The molecular weight excluding hydrogens is 283 g/mol. The third-order valence-corrected chi connectivity index (χ3v) is 3.80. The summed E-state index contributed by atoms with van der Waals surface area (Å²) in [6, 6.07) is 3.55. The van der Waals surface area contributed by atoms with E-state index in [-0.39, 0.29) is 17.4 Å². The van der Waals surface area contributed by atoms with E-state index in [2.05, 4.69) is 12.1 Å². The van der Waals surface area contributed by atoms with Gasteiger partial charge in [-0.2, -0.15) is 13.2 Å². The normalized spacial score (nSPS) is 23.7. The topological polar surface area (TPSA) is 61.8 Å². The zero-order valence-corrected chi connectivity index (χ0v) is 11.9. The summed E-state index contributed by atoms with van der Waals surface area (Å²) in [6.45, 7) is 4.83. The number of hydrogen-bond donors (Lipinski definition) is 2. The number of amidine groups is 1. The van der Waals surface area contributed by atoms with Gasteiger partial charge in [0.15, 0.2) is 5.84 Å². The number of rotatable bonds is 2. The van der Waals surface area contributed by atoms with Crippen molar-refractivity contribution in [3.8, 4) is 0 Å². The molecule has 0 aromatic heterocycles. The van der Waals surface area contributed by atoms with Gasteiger partial charge in [0, 0.05) is 23.8 Å². The summed E-state index contributed by atoms with van der Waals surface area (Å²) in [7, 11) is 0. The number of benzene rings is 1. The van der Waals surface area contributed by atoms with Crippen molar-refractivity contribution in [2.45, 2.75) is 32.5 Å². The maximum atomic E-state index is 12.8. The van der Waals surface area contributed by atoms with Crippen LogP contribution in [0.1, 0.15) is 31.4 Å². The molecule has 0 radical (unpaired) electrons. The van der Waals surface area contributed by atoms with Gasteiger partial charge in [0.1, 0.15) is 0 Å². The Kier molecular flexibility index (Phi) is 4.02. The zero-order chi connectivity index (χ0) is 15.8. The van der Waals surface area contributed by atoms with E-state index in [1.165, 1.54) is 6.07 Å². The molecule has 1 aromatic carbocycles. The monoisotopic (exact) mass is 301 g/mol. The minimum Gasteiger partial charge on any atom is -0.409 e. The van der Waals surface area contributed by atoms with Gasteiger partial charge in [-0.15, -0.1) is 0 Å². The van der Waals surface area contributed by atoms with Crippen LogP contribution in [0.5, 0.6) is 0 Å². The van der Waals surface area contributed by atoms with Crippen LogP contribution in [0.15, 0.2) is 23.4 Å². The van der Waals surface area contributed by atoms with Gasteiger partial charge in [0.05, 0.1) is 5.56 Å². The van der Waals surface area contributed by atoms with Crippen LogP contribution in [0, 0.1) is 5.92 Å². The molecule has 116 valence electrons. The van der Waals surface area contributed by atoms with Crippen LogP contribution in [-0.2, 0) is 6.18 Å². The van der Waals surface area contributed by atoms with E-state index in [9.17, 15) is 13.2 Å². The minimum atomic E-state index is -4.47. The van der Waals surface area contributed by atoms with E-state index >= 15 is 0 Å². The van der Waals surface area contributed by atoms with Gasteiger partial charge < -0.3 is 15.8 Å². The van der Waals surface area contributed by atoms with E-state index in [0.717, 1.165) is 25.1 Å². The van der Waals surface area contributed by atoms with Crippen LogP contribution in [0.4, 0.5) is 18.9 Å². The van der Waals surface area contributed by atoms with Crippen molar-refractivity contribution in [1.29, 1.82) is 0 Å². The Balaban J connectivity index is 2.51. The van der Waals surface area contributed by atoms with Crippen molar-refractivity contribution in [2.24, 2.45) is 16.8 Å². The fraction of sp³-hybridized carbons (Fsp3) is 0.500. The Morgan fingerprint density at radius 1 is 1.38 bits per heavy atom. The van der Waals surface area contributed by atoms with Crippen molar-refractivity contribution in [3.63, 3.8) is 0 Å². The molecule has 4 nitrogen and oxygen atoms in total. The molecule has 3 N–H and O–H groups in total. The standard InChI is InChI=1S/C14H18F3N3O/c1-8-5-9(2)20(7-8)12-4-3-10(14(15,16)17)6-11(12)13(18)19-21/h3-4,6,8-9,21H,5,7H2,1-2H3,(H2,18,19). The number of alkyl halides is 3. The average Bonchev–Trinajstić information content (AvgIpc) is 2.75. The van der Waals surface area contributed by atoms with Crippen LogP contribution in [0.2, 0.25) is 0 Å². The highest BCUT2D eigenvalue weighted by atomic mass is 19.4. The predicted molar refractivity (Wildman–Crippen MR) is 74.5 cm³/mol. The van der Waals surface area contributed by atoms with Gasteiger partial charge >= 0.3 is 6.18 Å². The Labute approximate surface area is 121 Å². The third kappa shape index (κ3) is 3.06. The number of hydrogen-bond acceptors (Lipinski definition) is 3. The molecule has 0 amide bonds. The molecule has 1 heterocycles. The molecule has 1 aliphatic rings. The smallest absolute Gasteiger partial charge is 0.409 e. The first-order valence-electron chi connectivity index (χ1n) is 6.69. The molecule has 2 atom stereocenters. The fourth-order valence-corrected chi connectivity index (χ4v) is 2.86. The van der Waals surface area contributed by atoms with Gasteiger partial charge in [-0.3, -0.25) is 0 Å². The lowest BCUT2D eigenvalue weighted by Crippen LogP contribution is -2.30. The highest BCUT2D eigenvalue weighted by molar-refractivity contribution is 6.02. The molecule has 0 spiro atoms. The first-order valence-corrected chi connectivity index (χ1v) is 6.69. The maximum absolute atomic E-state index is 12.8. The summed E-state index contributed by atoms with van der Waals surface area (Å²) in [6.07, 6.45) is -3.51. The molecule has 1 fully saturated rings. The van der Waals surface area contributed by atoms with Gasteiger partial charge in [-0.25, -0.2) is 0 Å². The molecule has 2 rings (SSSR count). The highest BCUT2D eigenvalue weighted by Gasteiger charge is 2.33. The Morgan fingerprint density at radius 3 is 2.52 bits per heavy atom. The molecule has 0 bridgehead atoms. The second kappa shape index (κ2) is 5.46. The van der Waals surface area contributed by atoms with Crippen LogP contribution >= 0.6 is 0 Å². The Bertz CT molecular complexity index is 557. The molecule has 7 heteroatoms. The van der Waals surface area contributed by atoms with Crippen LogP contribution in [-0.4, -0.2) is 23.6 Å². The van der Waals surface area contributed by atoms with Gasteiger partial charge in [0.25, 0.3) is 0 Å². The van der Waals surface area contributed by atoms with Crippen molar-refractivity contribution in [1.82, 2.24) is 0 Å². The average molecular weight is 301 g/mol. The lowest BCUT2D eigenvalue weighted by molar-refractivity contribution is -0.137. The van der Waals surface area contributed by atoms with E-state index in [0.29, 0.717) is 11.6 Å². The molecule has 1 aromatic rings. The predicted octanol–water partition coefficient (Wildman–Crippen LogP) is 3.03. The van der Waals surface area contributed by atoms with Gasteiger partial charge in [-0.1, -0.05) is 12.1 Å². The number of anilines is 1. The lowest BCUT2D eigenvalue weighted by atomic mass is 10.1. The van der Waals surface area contributed by atoms with Gasteiger partial charge in [-0.05, 0) is 37.5 Å². The number of halogens is 3. The van der Waals surface area contributed by atoms with Crippen molar-refractivity contribution in [2.75, 3.05) is 11.4 Å². The van der Waals surface area contributed by atoms with Gasteiger partial charge in [0.2, 0.25) is 0 Å². The third-order valence-electron chi connectivity index (χ3n) is 3.80. The van der Waals surface area contributed by atoms with Crippen LogP contribution in [0.3, 0.4) is 0 Å². The summed E-state index contributed by atoms with van der Waals surface area (Å²) in [5, 5.41) is 11.7. The second-order valence-corrected chi connectivity index (χ2v) is 5.56. The van der Waals surface area contributed by atoms with E-state index in [1.54, 1.807) is 0 Å². The minimum absolute atomic E-state index is 0.105. The molecule has 21 heavy (non-hydrogen) atoms. The maximum Gasteiger partial charge on any atom is 0.416 e. The van der Waals surface area contributed by atoms with Crippen molar-refractivity contribution in [3.05, 3.63) is 29.3 Å². The summed E-state index contributed by atoms with van der Waals surface area (Å²) in [4.78, 5) is 2.00. The van der Waals surface area contributed by atoms with E-state index in [1.807, 2.05) is 11.8 Å². The Morgan fingerprint density at radius 2 is 2.05 bits per heavy atom. The second-order valence-electron chi connectivity index (χ2n) is 5.56. The SMILES string of the molecule is CC1CC(C)N(c2ccc(C(F)(F)F)cc2/C(N)=N/O)C1. The van der Waals surface area contributed by atoms with Crippen LogP contribution < -0.4 is 10.6 Å². The van der Waals surface area contributed by atoms with Crippen LogP contribution in [0.25, 0.3) is 0 Å². The van der Waals surface area contributed by atoms with Crippen molar-refractivity contribution < 1.29 is 18.4 Å². The molecular formula is C14H18F3N3O. The summed E-state index contributed by atoms with van der Waals surface area (Å²) in [5.41, 5.74) is 5.42. The molecule has 0 saturated carbocycles. The quantitative estimate of drug-likeness (QED) is 0.382. The first kappa shape index (κ1) is 15.5. The number of oxime groups is 1. The van der Waals surface area contributed by atoms with Crippen molar-refractivity contribution >= 4 is 11.5 Å². The summed E-state index contributed by atoms with van der Waals surface area (Å²) < 4.78 is 38.5. The fourth-order valence-electron chi connectivity index (χ4n) is 2.86. The summed E-state index contributed by atoms with van der Waals surface area (Å²) >= 11 is 0. The zero-order valence-electron chi connectivity index (χ0n) is 11.9. The Hall–Kier alpha value is -1.92. The lowest BCUT2D eigenvalue weighted by Gasteiger charge is -2.27. The highest BCUT2D eigenvalue weighted by Crippen LogP contribution is 2.36. The van der Waals surface area contributed by atoms with E-state index in [4.69, 9.17) is 10.9 Å². The number of nitrogens with zero attached hydrogens (tertiary/aromatic N) is 2. The molecule has 0 aliphatic carbocycles. The van der Waals surface area contributed by atoms with E-state index < -0.39 is 11.7 Å². The first-order chi connectivity index (χ1) is 9.74. The molecule has 2 unspecified atom stereocenters. The summed E-state index contributed by atoms with van der Waals surface area (Å²) in [5.74, 6) is 0.130.